The zero-order valence-corrected chi connectivity index (χ0v) is 10.6. The third-order valence-electron chi connectivity index (χ3n) is 1.37. The Balaban J connectivity index is 3.33. The number of rotatable bonds is 2. The first kappa shape index (κ1) is 10.2. The highest BCUT2D eigenvalue weighted by molar-refractivity contribution is 14.1. The molecule has 0 radical (unpaired) electrons. The summed E-state index contributed by atoms with van der Waals surface area (Å²) in [6, 6.07) is 3.77. The van der Waals surface area contributed by atoms with E-state index in [9.17, 15) is 4.79 Å². The van der Waals surface area contributed by atoms with Gasteiger partial charge in [0, 0.05) is 3.57 Å². The lowest BCUT2D eigenvalue weighted by Crippen LogP contribution is -1.94. The molecule has 0 spiro atoms. The largest absolute Gasteiger partial charge is 0.495 e. The molecule has 0 aliphatic heterocycles. The highest BCUT2D eigenvalue weighted by Crippen LogP contribution is 2.26. The molecular weight excluding hydrogens is 382 g/mol. The summed E-state index contributed by atoms with van der Waals surface area (Å²) in [7, 11) is 1.57. The van der Waals surface area contributed by atoms with E-state index in [2.05, 4.69) is 45.2 Å². The van der Waals surface area contributed by atoms with E-state index in [0.717, 1.165) is 13.4 Å². The molecule has 0 amide bonds. The quantitative estimate of drug-likeness (QED) is 0.576. The van der Waals surface area contributed by atoms with Gasteiger partial charge in [-0.2, -0.15) is 0 Å². The normalized spacial score (nSPS) is 9.58. The maximum Gasteiger partial charge on any atom is 0.153 e. The number of aldehydes is 1. The minimum atomic E-state index is 0.605. The van der Waals surface area contributed by atoms with E-state index >= 15 is 0 Å². The van der Waals surface area contributed by atoms with Crippen molar-refractivity contribution in [2.24, 2.45) is 0 Å². The van der Waals surface area contributed by atoms with Crippen molar-refractivity contribution in [1.82, 2.24) is 0 Å². The van der Waals surface area contributed by atoms with Gasteiger partial charge in [0.15, 0.2) is 6.29 Å². The fraction of sp³-hybridized carbons (Fsp3) is 0.125. The number of carbonyl (C=O) groups excluding carboxylic acids is 1. The van der Waals surface area contributed by atoms with E-state index in [1.807, 2.05) is 6.07 Å². The van der Waals surface area contributed by atoms with Crippen molar-refractivity contribution in [2.45, 2.75) is 0 Å². The zero-order chi connectivity index (χ0) is 9.14. The van der Waals surface area contributed by atoms with Crippen LogP contribution in [0.15, 0.2) is 12.1 Å². The number of benzene rings is 1. The van der Waals surface area contributed by atoms with Gasteiger partial charge in [0.2, 0.25) is 0 Å². The van der Waals surface area contributed by atoms with Crippen LogP contribution in [0.25, 0.3) is 0 Å². The standard InChI is InChI=1S/C8H6I2O2/c1-12-8-5(4-11)2-6(9)3-7(8)10/h2-4H,1H3. The molecule has 0 heterocycles. The van der Waals surface area contributed by atoms with Crippen LogP contribution in [0, 0.1) is 7.14 Å². The molecule has 4 heteroatoms. The zero-order valence-electron chi connectivity index (χ0n) is 6.30. The first-order valence-corrected chi connectivity index (χ1v) is 5.33. The summed E-state index contributed by atoms with van der Waals surface area (Å²) >= 11 is 4.31. The van der Waals surface area contributed by atoms with Gasteiger partial charge >= 0.3 is 0 Å². The van der Waals surface area contributed by atoms with Crippen molar-refractivity contribution in [1.29, 1.82) is 0 Å². The third kappa shape index (κ3) is 2.09. The van der Waals surface area contributed by atoms with E-state index in [1.165, 1.54) is 0 Å². The molecule has 1 aromatic carbocycles. The van der Waals surface area contributed by atoms with Crippen LogP contribution in [-0.4, -0.2) is 13.4 Å². The minimum Gasteiger partial charge on any atom is -0.495 e. The molecular formula is C8H6I2O2. The van der Waals surface area contributed by atoms with Crippen LogP contribution in [-0.2, 0) is 0 Å². The number of carbonyl (C=O) groups is 1. The lowest BCUT2D eigenvalue weighted by Gasteiger charge is -2.05. The number of halogens is 2. The van der Waals surface area contributed by atoms with E-state index < -0.39 is 0 Å². The van der Waals surface area contributed by atoms with Gasteiger partial charge in [0.25, 0.3) is 0 Å². The number of hydrogen-bond donors (Lipinski definition) is 0. The van der Waals surface area contributed by atoms with E-state index in [-0.39, 0.29) is 0 Å². The second-order valence-corrected chi connectivity index (χ2v) is 4.54. The average molecular weight is 388 g/mol. The Bertz CT molecular complexity index is 310. The Morgan fingerprint density at radius 1 is 1.42 bits per heavy atom. The Labute approximate surface area is 98.0 Å². The first-order valence-electron chi connectivity index (χ1n) is 3.17. The summed E-state index contributed by atoms with van der Waals surface area (Å²) in [4.78, 5) is 10.6. The van der Waals surface area contributed by atoms with Crippen LogP contribution in [0.1, 0.15) is 10.4 Å². The van der Waals surface area contributed by atoms with Crippen LogP contribution in [0.2, 0.25) is 0 Å². The molecule has 0 aromatic heterocycles. The van der Waals surface area contributed by atoms with Crippen molar-refractivity contribution >= 4 is 51.5 Å². The van der Waals surface area contributed by atoms with Crippen LogP contribution in [0.3, 0.4) is 0 Å². The van der Waals surface area contributed by atoms with Crippen molar-refractivity contribution in [3.63, 3.8) is 0 Å². The third-order valence-corrected chi connectivity index (χ3v) is 2.79. The molecule has 1 rings (SSSR count). The van der Waals surface area contributed by atoms with Gasteiger partial charge in [-0.05, 0) is 57.3 Å². The molecule has 1 aromatic rings. The minimum absolute atomic E-state index is 0.605. The van der Waals surface area contributed by atoms with E-state index in [1.54, 1.807) is 13.2 Å². The second-order valence-electron chi connectivity index (χ2n) is 2.13. The highest BCUT2D eigenvalue weighted by atomic mass is 127. The maximum absolute atomic E-state index is 10.6. The lowest BCUT2D eigenvalue weighted by atomic mass is 10.2. The Hall–Kier alpha value is 0.150. The van der Waals surface area contributed by atoms with Crippen LogP contribution in [0.4, 0.5) is 0 Å². The summed E-state index contributed by atoms with van der Waals surface area (Å²) < 4.78 is 7.08. The van der Waals surface area contributed by atoms with Crippen LogP contribution < -0.4 is 4.74 Å². The van der Waals surface area contributed by atoms with Crippen molar-refractivity contribution in [3.05, 3.63) is 24.8 Å². The fourth-order valence-electron chi connectivity index (χ4n) is 0.883. The summed E-state index contributed by atoms with van der Waals surface area (Å²) in [5.74, 6) is 0.658. The number of methoxy groups -OCH3 is 1. The number of hydrogen-bond acceptors (Lipinski definition) is 2. The molecule has 0 saturated carbocycles. The Kier molecular flexibility index (Phi) is 3.76. The SMILES string of the molecule is COc1c(I)cc(I)cc1C=O. The van der Waals surface area contributed by atoms with Gasteiger partial charge in [-0.1, -0.05) is 0 Å². The van der Waals surface area contributed by atoms with Gasteiger partial charge in [-0.3, -0.25) is 4.79 Å². The second kappa shape index (κ2) is 4.40. The topological polar surface area (TPSA) is 26.3 Å². The van der Waals surface area contributed by atoms with E-state index in [0.29, 0.717) is 11.3 Å². The monoisotopic (exact) mass is 388 g/mol. The van der Waals surface area contributed by atoms with Gasteiger partial charge in [-0.15, -0.1) is 0 Å². The van der Waals surface area contributed by atoms with Crippen molar-refractivity contribution in [3.8, 4) is 5.75 Å². The first-order chi connectivity index (χ1) is 5.69. The molecule has 2 nitrogen and oxygen atoms in total. The highest BCUT2D eigenvalue weighted by Gasteiger charge is 2.07. The molecule has 12 heavy (non-hydrogen) atoms. The summed E-state index contributed by atoms with van der Waals surface area (Å²) in [5, 5.41) is 0. The van der Waals surface area contributed by atoms with Crippen LogP contribution in [0.5, 0.6) is 5.75 Å². The van der Waals surface area contributed by atoms with Crippen LogP contribution >= 0.6 is 45.2 Å². The summed E-state index contributed by atoms with van der Waals surface area (Å²) in [6.45, 7) is 0. The van der Waals surface area contributed by atoms with Gasteiger partial charge in [0.1, 0.15) is 5.75 Å². The Morgan fingerprint density at radius 3 is 2.58 bits per heavy atom. The molecule has 0 atom stereocenters. The van der Waals surface area contributed by atoms with Gasteiger partial charge in [-0.25, -0.2) is 0 Å². The fourth-order valence-corrected chi connectivity index (χ4v) is 2.99. The Morgan fingerprint density at radius 2 is 2.08 bits per heavy atom. The van der Waals surface area contributed by atoms with Gasteiger partial charge in [0.05, 0.1) is 16.2 Å². The number of ether oxygens (including phenoxy) is 1. The smallest absolute Gasteiger partial charge is 0.153 e. The predicted octanol–water partition coefficient (Wildman–Crippen LogP) is 2.72. The maximum atomic E-state index is 10.6. The van der Waals surface area contributed by atoms with E-state index in [4.69, 9.17) is 4.74 Å². The molecule has 0 saturated heterocycles. The molecule has 0 fully saturated rings. The molecule has 0 unspecified atom stereocenters. The summed E-state index contributed by atoms with van der Waals surface area (Å²) in [6.07, 6.45) is 0.809. The molecule has 0 aliphatic rings. The van der Waals surface area contributed by atoms with Crippen molar-refractivity contribution in [2.75, 3.05) is 7.11 Å². The van der Waals surface area contributed by atoms with Gasteiger partial charge < -0.3 is 4.74 Å². The van der Waals surface area contributed by atoms with Crippen molar-refractivity contribution < 1.29 is 9.53 Å². The molecule has 0 aliphatic carbocycles. The predicted molar refractivity (Wildman–Crippen MR) is 63.8 cm³/mol. The molecule has 0 bridgehead atoms. The lowest BCUT2D eigenvalue weighted by molar-refractivity contribution is 0.112. The molecule has 0 N–H and O–H groups in total. The molecule has 64 valence electrons. The average Bonchev–Trinajstić information content (AvgIpc) is 2.03. The summed E-state index contributed by atoms with van der Waals surface area (Å²) in [5.41, 5.74) is 0.605.